The zero-order valence-electron chi connectivity index (χ0n) is 23.4. The van der Waals surface area contributed by atoms with E-state index in [9.17, 15) is 24.3 Å². The largest absolute Gasteiger partial charge is 0.480 e. The van der Waals surface area contributed by atoms with Gasteiger partial charge in [-0.05, 0) is 46.1 Å². The molecular formula is C28H43N3O7S. The Balaban J connectivity index is 1.94. The first-order valence-corrected chi connectivity index (χ1v) is 14.6. The highest BCUT2D eigenvalue weighted by molar-refractivity contribution is 7.99. The molecule has 11 heteroatoms. The number of ether oxygens (including phenoxy) is 2. The highest BCUT2D eigenvalue weighted by atomic mass is 32.2. The van der Waals surface area contributed by atoms with E-state index in [0.717, 1.165) is 31.2 Å². The van der Waals surface area contributed by atoms with Crippen LogP contribution in [0.5, 0.6) is 0 Å². The average Bonchev–Trinajstić information content (AvgIpc) is 3.01. The number of esters is 1. The van der Waals surface area contributed by atoms with Crippen molar-refractivity contribution in [3.63, 3.8) is 0 Å². The molecule has 0 saturated carbocycles. The molecule has 2 unspecified atom stereocenters. The predicted octanol–water partition coefficient (Wildman–Crippen LogP) is 3.75. The fourth-order valence-corrected chi connectivity index (χ4v) is 5.53. The number of benzene rings is 1. The van der Waals surface area contributed by atoms with Crippen LogP contribution in [0.25, 0.3) is 0 Å². The van der Waals surface area contributed by atoms with E-state index in [1.54, 1.807) is 18.7 Å². The summed E-state index contributed by atoms with van der Waals surface area (Å²) < 4.78 is 10.5. The summed E-state index contributed by atoms with van der Waals surface area (Å²) in [6.07, 6.45) is 3.23. The number of carbonyl (C=O) groups excluding carboxylic acids is 3. The highest BCUT2D eigenvalue weighted by Crippen LogP contribution is 2.33. The maximum atomic E-state index is 13.4. The molecule has 1 saturated heterocycles. The van der Waals surface area contributed by atoms with Crippen LogP contribution < -0.4 is 10.6 Å². The van der Waals surface area contributed by atoms with Crippen molar-refractivity contribution in [3.8, 4) is 0 Å². The third kappa shape index (κ3) is 12.3. The molecule has 2 amide bonds. The lowest BCUT2D eigenvalue weighted by atomic mass is 10.1. The van der Waals surface area contributed by atoms with Crippen LogP contribution in [-0.4, -0.2) is 83.6 Å². The summed E-state index contributed by atoms with van der Waals surface area (Å²) in [6, 6.07) is 8.30. The fourth-order valence-electron chi connectivity index (χ4n) is 4.23. The van der Waals surface area contributed by atoms with Gasteiger partial charge in [0.05, 0.1) is 12.6 Å². The summed E-state index contributed by atoms with van der Waals surface area (Å²) in [4.78, 5) is 50.7. The van der Waals surface area contributed by atoms with Gasteiger partial charge in [-0.2, -0.15) is 0 Å². The van der Waals surface area contributed by atoms with E-state index >= 15 is 0 Å². The van der Waals surface area contributed by atoms with Crippen molar-refractivity contribution < 1.29 is 33.8 Å². The minimum Gasteiger partial charge on any atom is -0.480 e. The lowest BCUT2D eigenvalue weighted by molar-refractivity contribution is -0.148. The molecule has 0 aliphatic carbocycles. The SMILES string of the molecule is CCOC(=O)[C@@H](CCCCCCNC(=O)OC(C)(C)C)NC1CSC(c2ccccc2)CN(CC(=O)O)C1=O. The standard InChI is InChI=1S/C28H43N3O7S/c1-5-37-26(35)21(15-11-6-7-12-16-29-27(36)38-28(2,3)4)30-22-19-39-23(20-13-9-8-10-14-20)17-31(25(22)34)18-24(32)33/h8-10,13-14,21-23,30H,5-7,11-12,15-19H2,1-4H3,(H,29,36)(H,32,33)/t21-,22?,23?/m1/s1. The molecule has 0 bridgehead atoms. The molecule has 0 spiro atoms. The number of carbonyl (C=O) groups is 4. The summed E-state index contributed by atoms with van der Waals surface area (Å²) in [5.74, 6) is -1.42. The number of nitrogens with one attached hydrogen (secondary N) is 2. The lowest BCUT2D eigenvalue weighted by Crippen LogP contribution is -2.53. The summed E-state index contributed by atoms with van der Waals surface area (Å²) in [6.45, 7) is 7.78. The molecule has 1 fully saturated rings. The van der Waals surface area contributed by atoms with Gasteiger partial charge in [0.15, 0.2) is 0 Å². The molecule has 218 valence electrons. The molecule has 39 heavy (non-hydrogen) atoms. The number of carboxylic acids is 1. The number of aliphatic carboxylic acids is 1. The molecular weight excluding hydrogens is 522 g/mol. The molecule has 1 heterocycles. The van der Waals surface area contributed by atoms with Crippen LogP contribution in [0.15, 0.2) is 30.3 Å². The number of unbranched alkanes of at least 4 members (excludes halogenated alkanes) is 3. The number of nitrogens with zero attached hydrogens (tertiary/aromatic N) is 1. The fraction of sp³-hybridized carbons (Fsp3) is 0.643. The maximum absolute atomic E-state index is 13.4. The molecule has 1 aliphatic heterocycles. The topological polar surface area (TPSA) is 134 Å². The van der Waals surface area contributed by atoms with Crippen LogP contribution >= 0.6 is 11.8 Å². The molecule has 1 aromatic carbocycles. The third-order valence-electron chi connectivity index (χ3n) is 6.02. The van der Waals surface area contributed by atoms with Gasteiger partial charge in [0.2, 0.25) is 5.91 Å². The first-order valence-electron chi connectivity index (χ1n) is 13.6. The average molecular weight is 566 g/mol. The van der Waals surface area contributed by atoms with Gasteiger partial charge in [-0.1, -0.05) is 49.6 Å². The molecule has 3 N–H and O–H groups in total. The summed E-state index contributed by atoms with van der Waals surface area (Å²) in [5.41, 5.74) is 0.484. The zero-order valence-corrected chi connectivity index (χ0v) is 24.3. The summed E-state index contributed by atoms with van der Waals surface area (Å²) in [5, 5.41) is 15.3. The van der Waals surface area contributed by atoms with Gasteiger partial charge in [0.1, 0.15) is 18.2 Å². The lowest BCUT2D eigenvalue weighted by Gasteiger charge is -2.27. The van der Waals surface area contributed by atoms with Crippen molar-refractivity contribution in [2.24, 2.45) is 0 Å². The highest BCUT2D eigenvalue weighted by Gasteiger charge is 2.35. The van der Waals surface area contributed by atoms with Crippen LogP contribution in [0.1, 0.15) is 70.6 Å². The second-order valence-electron chi connectivity index (χ2n) is 10.5. The van der Waals surface area contributed by atoms with Crippen LogP contribution in [0.4, 0.5) is 4.79 Å². The number of thioether (sulfide) groups is 1. The monoisotopic (exact) mass is 565 g/mol. The number of amides is 2. The van der Waals surface area contributed by atoms with Crippen LogP contribution in [0.3, 0.4) is 0 Å². The Kier molecular flexibility index (Phi) is 13.6. The Morgan fingerprint density at radius 3 is 2.46 bits per heavy atom. The second-order valence-corrected chi connectivity index (χ2v) is 11.7. The van der Waals surface area contributed by atoms with E-state index in [0.29, 0.717) is 18.7 Å². The molecule has 10 nitrogen and oxygen atoms in total. The third-order valence-corrected chi connectivity index (χ3v) is 7.37. The van der Waals surface area contributed by atoms with E-state index in [-0.39, 0.29) is 24.3 Å². The Labute approximate surface area is 235 Å². The van der Waals surface area contributed by atoms with E-state index < -0.39 is 42.3 Å². The van der Waals surface area contributed by atoms with Crippen LogP contribution in [-0.2, 0) is 23.9 Å². The summed E-state index contributed by atoms with van der Waals surface area (Å²) in [7, 11) is 0. The van der Waals surface area contributed by atoms with E-state index in [4.69, 9.17) is 9.47 Å². The Morgan fingerprint density at radius 1 is 1.13 bits per heavy atom. The number of rotatable bonds is 14. The Morgan fingerprint density at radius 2 is 1.82 bits per heavy atom. The van der Waals surface area contributed by atoms with Gasteiger partial charge in [0.25, 0.3) is 0 Å². The molecule has 0 radical (unpaired) electrons. The molecule has 1 aromatic rings. The number of hydrogen-bond donors (Lipinski definition) is 3. The van der Waals surface area contributed by atoms with E-state index in [1.807, 2.05) is 51.1 Å². The first kappa shape index (κ1) is 32.4. The number of carboxylic acid groups (broad SMARTS) is 1. The van der Waals surface area contributed by atoms with Crippen molar-refractivity contribution in [1.82, 2.24) is 15.5 Å². The van der Waals surface area contributed by atoms with Crippen LogP contribution in [0, 0.1) is 0 Å². The van der Waals surface area contributed by atoms with Gasteiger partial charge in [-0.3, -0.25) is 19.7 Å². The van der Waals surface area contributed by atoms with Crippen molar-refractivity contribution in [1.29, 1.82) is 0 Å². The maximum Gasteiger partial charge on any atom is 0.407 e. The number of hydrogen-bond acceptors (Lipinski definition) is 8. The van der Waals surface area contributed by atoms with Crippen molar-refractivity contribution in [2.75, 3.05) is 32.0 Å². The van der Waals surface area contributed by atoms with Crippen molar-refractivity contribution in [3.05, 3.63) is 35.9 Å². The number of alkyl carbamates (subject to hydrolysis) is 1. The van der Waals surface area contributed by atoms with Crippen molar-refractivity contribution in [2.45, 2.75) is 82.7 Å². The zero-order chi connectivity index (χ0) is 28.8. The Hall–Kier alpha value is -2.79. The Bertz CT molecular complexity index is 939. The van der Waals surface area contributed by atoms with Gasteiger partial charge in [-0.25, -0.2) is 4.79 Å². The smallest absolute Gasteiger partial charge is 0.407 e. The van der Waals surface area contributed by atoms with Gasteiger partial charge in [0, 0.05) is 24.1 Å². The van der Waals surface area contributed by atoms with Crippen molar-refractivity contribution >= 4 is 35.7 Å². The van der Waals surface area contributed by atoms with Gasteiger partial charge < -0.3 is 24.8 Å². The quantitative estimate of drug-likeness (QED) is 0.228. The molecule has 1 aliphatic rings. The van der Waals surface area contributed by atoms with Crippen LogP contribution in [0.2, 0.25) is 0 Å². The van der Waals surface area contributed by atoms with E-state index in [2.05, 4.69) is 10.6 Å². The summed E-state index contributed by atoms with van der Waals surface area (Å²) >= 11 is 1.58. The molecule has 2 rings (SSSR count). The predicted molar refractivity (Wildman–Crippen MR) is 151 cm³/mol. The molecule has 3 atom stereocenters. The van der Waals surface area contributed by atoms with Gasteiger partial charge in [-0.15, -0.1) is 11.8 Å². The van der Waals surface area contributed by atoms with E-state index in [1.165, 1.54) is 4.90 Å². The second kappa shape index (κ2) is 16.3. The van der Waals surface area contributed by atoms with Gasteiger partial charge >= 0.3 is 18.0 Å². The molecule has 0 aromatic heterocycles. The normalized spacial score (nSPS) is 18.7. The minimum atomic E-state index is -1.08. The minimum absolute atomic E-state index is 0.0726. The first-order chi connectivity index (χ1) is 18.5.